The van der Waals surface area contributed by atoms with Crippen LogP contribution >= 0.6 is 0 Å². The summed E-state index contributed by atoms with van der Waals surface area (Å²) in [5.74, 6) is 0.576. The lowest BCUT2D eigenvalue weighted by Gasteiger charge is -2.39. The maximum Gasteiger partial charge on any atom is 0.282 e. The van der Waals surface area contributed by atoms with Gasteiger partial charge in [-0.15, -0.1) is 0 Å². The fraction of sp³-hybridized carbons (Fsp3) is 1.00. The van der Waals surface area contributed by atoms with Crippen LogP contribution in [-0.2, 0) is 10.2 Å². The highest BCUT2D eigenvalue weighted by Gasteiger charge is 2.41. The van der Waals surface area contributed by atoms with E-state index in [0.717, 1.165) is 19.5 Å². The molecule has 1 saturated carbocycles. The monoisotopic (exact) mass is 287 g/mol. The van der Waals surface area contributed by atoms with Crippen LogP contribution < -0.4 is 0 Å². The Bertz CT molecular complexity index is 435. The summed E-state index contributed by atoms with van der Waals surface area (Å²) in [7, 11) is -1.52. The van der Waals surface area contributed by atoms with Crippen molar-refractivity contribution >= 4 is 10.2 Å². The smallest absolute Gasteiger partial charge is 0.282 e. The van der Waals surface area contributed by atoms with Crippen molar-refractivity contribution in [2.24, 2.45) is 5.92 Å². The molecule has 2 saturated heterocycles. The van der Waals surface area contributed by atoms with E-state index in [4.69, 9.17) is 0 Å². The molecular formula is C13H25N3O2S. The minimum absolute atomic E-state index is 0.145. The van der Waals surface area contributed by atoms with Crippen LogP contribution in [0.4, 0.5) is 0 Å². The van der Waals surface area contributed by atoms with Crippen molar-refractivity contribution < 1.29 is 8.42 Å². The minimum atomic E-state index is -3.26. The number of rotatable bonds is 4. The first-order valence-corrected chi connectivity index (χ1v) is 8.87. The second-order valence-electron chi connectivity index (χ2n) is 6.29. The van der Waals surface area contributed by atoms with Crippen molar-refractivity contribution in [3.05, 3.63) is 0 Å². The largest absolute Gasteiger partial charge is 0.298 e. The predicted octanol–water partition coefficient (Wildman–Crippen LogP) is 0.742. The zero-order valence-electron chi connectivity index (χ0n) is 12.0. The first kappa shape index (κ1) is 13.8. The molecule has 0 aromatic heterocycles. The lowest BCUT2D eigenvalue weighted by Crippen LogP contribution is -2.56. The summed E-state index contributed by atoms with van der Waals surface area (Å²) < 4.78 is 28.7. The predicted molar refractivity (Wildman–Crippen MR) is 75.0 cm³/mol. The molecule has 5 nitrogen and oxygen atoms in total. The molecule has 0 spiro atoms. The standard InChI is InChI=1S/C13H25N3O2S/c1-11(12-5-6-12)14(2)19(17,18)16-9-8-15-7-3-4-13(15)10-16/h11-13H,3-10H2,1-2H3/t11-,13-/m1/s1. The molecule has 2 atom stereocenters. The normalized spacial score (nSPS) is 31.6. The molecule has 0 aromatic rings. The van der Waals surface area contributed by atoms with Gasteiger partial charge in [0.05, 0.1) is 0 Å². The first-order valence-electron chi connectivity index (χ1n) is 7.47. The fourth-order valence-corrected chi connectivity index (χ4v) is 5.07. The molecule has 0 bridgehead atoms. The molecule has 110 valence electrons. The van der Waals surface area contributed by atoms with Crippen molar-refractivity contribution in [1.29, 1.82) is 0 Å². The van der Waals surface area contributed by atoms with Gasteiger partial charge in [-0.3, -0.25) is 4.90 Å². The maximum absolute atomic E-state index is 12.7. The molecule has 6 heteroatoms. The van der Waals surface area contributed by atoms with Gasteiger partial charge < -0.3 is 0 Å². The molecule has 2 aliphatic heterocycles. The van der Waals surface area contributed by atoms with Crippen molar-refractivity contribution in [3.8, 4) is 0 Å². The van der Waals surface area contributed by atoms with Gasteiger partial charge in [-0.05, 0) is 45.1 Å². The Kier molecular flexibility index (Phi) is 3.62. The summed E-state index contributed by atoms with van der Waals surface area (Å²) in [6.07, 6.45) is 4.72. The Labute approximate surface area is 116 Å². The van der Waals surface area contributed by atoms with E-state index in [-0.39, 0.29) is 6.04 Å². The van der Waals surface area contributed by atoms with Crippen LogP contribution in [0.2, 0.25) is 0 Å². The quantitative estimate of drug-likeness (QED) is 0.766. The van der Waals surface area contributed by atoms with Crippen molar-refractivity contribution in [2.45, 2.75) is 44.7 Å². The van der Waals surface area contributed by atoms with E-state index in [1.807, 2.05) is 6.92 Å². The zero-order chi connectivity index (χ0) is 13.6. The number of hydrogen-bond acceptors (Lipinski definition) is 3. The van der Waals surface area contributed by atoms with Gasteiger partial charge in [-0.1, -0.05) is 0 Å². The molecule has 19 heavy (non-hydrogen) atoms. The number of fused-ring (bicyclic) bond motifs is 1. The lowest BCUT2D eigenvalue weighted by atomic mass is 10.2. The fourth-order valence-electron chi connectivity index (χ4n) is 3.44. The summed E-state index contributed by atoms with van der Waals surface area (Å²) in [5.41, 5.74) is 0. The van der Waals surface area contributed by atoms with E-state index >= 15 is 0 Å². The Balaban J connectivity index is 1.69. The molecule has 3 rings (SSSR count). The SMILES string of the molecule is C[C@H](C1CC1)N(C)S(=O)(=O)N1CCN2CCC[C@@H]2C1. The second kappa shape index (κ2) is 4.98. The third-order valence-electron chi connectivity index (χ3n) is 5.12. The van der Waals surface area contributed by atoms with Crippen molar-refractivity contribution in [1.82, 2.24) is 13.5 Å². The summed E-state index contributed by atoms with van der Waals surface area (Å²) in [6.45, 7) is 5.42. The third kappa shape index (κ3) is 2.55. The van der Waals surface area contributed by atoms with Gasteiger partial charge in [-0.2, -0.15) is 17.0 Å². The summed E-state index contributed by atoms with van der Waals surface area (Å²) >= 11 is 0. The van der Waals surface area contributed by atoms with E-state index in [2.05, 4.69) is 4.90 Å². The van der Waals surface area contributed by atoms with E-state index in [9.17, 15) is 8.42 Å². The van der Waals surface area contributed by atoms with Gasteiger partial charge in [-0.25, -0.2) is 0 Å². The molecule has 0 aromatic carbocycles. The highest BCUT2D eigenvalue weighted by Crippen LogP contribution is 2.36. The molecule has 1 aliphatic carbocycles. The number of piperazine rings is 1. The molecular weight excluding hydrogens is 262 g/mol. The molecule has 3 fully saturated rings. The second-order valence-corrected chi connectivity index (χ2v) is 8.28. The van der Waals surface area contributed by atoms with Gasteiger partial charge in [0, 0.05) is 38.8 Å². The van der Waals surface area contributed by atoms with Crippen LogP contribution in [0, 0.1) is 5.92 Å². The zero-order valence-corrected chi connectivity index (χ0v) is 12.8. The highest BCUT2D eigenvalue weighted by molar-refractivity contribution is 7.86. The van der Waals surface area contributed by atoms with Gasteiger partial charge in [0.15, 0.2) is 0 Å². The van der Waals surface area contributed by atoms with Crippen LogP contribution in [0.3, 0.4) is 0 Å². The number of nitrogens with zero attached hydrogens (tertiary/aromatic N) is 3. The molecule has 2 heterocycles. The van der Waals surface area contributed by atoms with Gasteiger partial charge in [0.2, 0.25) is 0 Å². The highest BCUT2D eigenvalue weighted by atomic mass is 32.2. The van der Waals surface area contributed by atoms with E-state index in [1.165, 1.54) is 19.3 Å². The molecule has 0 radical (unpaired) electrons. The first-order chi connectivity index (χ1) is 9.00. The van der Waals surface area contributed by atoms with Gasteiger partial charge in [0.1, 0.15) is 0 Å². The summed E-state index contributed by atoms with van der Waals surface area (Å²) in [4.78, 5) is 2.44. The van der Waals surface area contributed by atoms with E-state index < -0.39 is 10.2 Å². The third-order valence-corrected chi connectivity index (χ3v) is 7.16. The maximum atomic E-state index is 12.7. The molecule has 0 unspecified atom stereocenters. The topological polar surface area (TPSA) is 43.9 Å². The van der Waals surface area contributed by atoms with Crippen LogP contribution in [0.5, 0.6) is 0 Å². The van der Waals surface area contributed by atoms with Crippen LogP contribution in [0.25, 0.3) is 0 Å². The minimum Gasteiger partial charge on any atom is -0.298 e. The van der Waals surface area contributed by atoms with Crippen molar-refractivity contribution in [3.63, 3.8) is 0 Å². The van der Waals surface area contributed by atoms with Crippen molar-refractivity contribution in [2.75, 3.05) is 33.2 Å². The van der Waals surface area contributed by atoms with E-state index in [1.54, 1.807) is 15.7 Å². The molecule has 0 N–H and O–H groups in total. The Hall–Kier alpha value is -0.170. The van der Waals surface area contributed by atoms with Gasteiger partial charge in [0.25, 0.3) is 10.2 Å². The average molecular weight is 287 g/mol. The Morgan fingerprint density at radius 2 is 1.89 bits per heavy atom. The Morgan fingerprint density at radius 1 is 1.16 bits per heavy atom. The lowest BCUT2D eigenvalue weighted by molar-refractivity contribution is 0.151. The van der Waals surface area contributed by atoms with Crippen LogP contribution in [-0.4, -0.2) is 67.2 Å². The van der Waals surface area contributed by atoms with Gasteiger partial charge >= 0.3 is 0 Å². The van der Waals surface area contributed by atoms with E-state index in [0.29, 0.717) is 25.0 Å². The Morgan fingerprint density at radius 3 is 2.58 bits per heavy atom. The number of hydrogen-bond donors (Lipinski definition) is 0. The van der Waals surface area contributed by atoms with Crippen LogP contribution in [0.1, 0.15) is 32.6 Å². The molecule has 3 aliphatic rings. The summed E-state index contributed by atoms with van der Waals surface area (Å²) in [6, 6.07) is 0.597. The average Bonchev–Trinajstić information content (AvgIpc) is 3.14. The molecule has 0 amide bonds. The summed E-state index contributed by atoms with van der Waals surface area (Å²) in [5, 5.41) is 0. The van der Waals surface area contributed by atoms with Crippen LogP contribution in [0.15, 0.2) is 0 Å².